The molecule has 1 heterocycles. The Labute approximate surface area is 271 Å². The fourth-order valence-corrected chi connectivity index (χ4v) is 5.45. The highest BCUT2D eigenvalue weighted by Crippen LogP contribution is 2.32. The molecule has 0 N–H and O–H groups in total. The van der Waals surface area contributed by atoms with E-state index in [4.69, 9.17) is 9.97 Å². The molecule has 0 aliphatic rings. The Kier molecular flexibility index (Phi) is 9.13. The van der Waals surface area contributed by atoms with Crippen LogP contribution in [0.5, 0.6) is 0 Å². The van der Waals surface area contributed by atoms with Crippen molar-refractivity contribution in [1.29, 1.82) is 0 Å². The highest BCUT2D eigenvalue weighted by Gasteiger charge is 2.13. The van der Waals surface area contributed by atoms with Crippen LogP contribution in [0, 0.1) is 0 Å². The molecule has 0 saturated heterocycles. The Hall–Kier alpha value is -6.19. The minimum Gasteiger partial charge on any atom is -0.273 e. The van der Waals surface area contributed by atoms with Gasteiger partial charge in [-0.15, -0.1) is 0 Å². The Morgan fingerprint density at radius 1 is 0.522 bits per heavy atom. The van der Waals surface area contributed by atoms with Gasteiger partial charge in [-0.25, -0.2) is 9.97 Å². The fourth-order valence-electron chi connectivity index (χ4n) is 5.45. The number of aliphatic imine (C=N–C) groups is 1. The van der Waals surface area contributed by atoms with E-state index in [1.54, 1.807) is 6.20 Å². The maximum absolute atomic E-state index is 5.08. The van der Waals surface area contributed by atoms with Gasteiger partial charge in [-0.2, -0.15) is 0 Å². The lowest BCUT2D eigenvalue weighted by molar-refractivity contribution is 1.18. The summed E-state index contributed by atoms with van der Waals surface area (Å²) < 4.78 is 0. The summed E-state index contributed by atoms with van der Waals surface area (Å²) in [6.07, 6.45) is 11.2. The normalized spacial score (nSPS) is 11.1. The van der Waals surface area contributed by atoms with Crippen molar-refractivity contribution < 1.29 is 0 Å². The van der Waals surface area contributed by atoms with E-state index in [0.717, 1.165) is 61.5 Å². The smallest absolute Gasteiger partial charge is 0.160 e. The summed E-state index contributed by atoms with van der Waals surface area (Å²) in [5.74, 6) is 0.663. The first-order valence-electron chi connectivity index (χ1n) is 15.1. The molecule has 0 amide bonds. The average molecular weight is 592 g/mol. The summed E-state index contributed by atoms with van der Waals surface area (Å²) >= 11 is 0. The number of allylic oxidation sites excluding steroid dienone is 2. The minimum atomic E-state index is 0.663. The van der Waals surface area contributed by atoms with E-state index >= 15 is 0 Å². The lowest BCUT2D eigenvalue weighted by atomic mass is 9.94. The first kappa shape index (κ1) is 29.9. The molecule has 0 aliphatic heterocycles. The molecule has 1 aromatic heterocycles. The zero-order valence-corrected chi connectivity index (χ0v) is 25.6. The summed E-state index contributed by atoms with van der Waals surface area (Å²) in [6, 6.07) is 43.9. The zero-order chi connectivity index (χ0) is 31.7. The Morgan fingerprint density at radius 3 is 1.87 bits per heavy atom. The van der Waals surface area contributed by atoms with Crippen LogP contribution in [0.25, 0.3) is 74.4 Å². The molecule has 0 spiro atoms. The number of hydrogen-bond acceptors (Lipinski definition) is 3. The third kappa shape index (κ3) is 6.64. The summed E-state index contributed by atoms with van der Waals surface area (Å²) in [7, 11) is 0. The van der Waals surface area contributed by atoms with E-state index in [-0.39, 0.29) is 0 Å². The summed E-state index contributed by atoms with van der Waals surface area (Å²) in [5.41, 5.74) is 12.4. The molecule has 3 heteroatoms. The number of nitrogens with zero attached hydrogens (tertiary/aromatic N) is 3. The van der Waals surface area contributed by atoms with Gasteiger partial charge < -0.3 is 0 Å². The number of hydrogen-bond donors (Lipinski definition) is 0. The third-order valence-electron chi connectivity index (χ3n) is 7.81. The van der Waals surface area contributed by atoms with E-state index in [1.165, 1.54) is 5.56 Å². The lowest BCUT2D eigenvalue weighted by Crippen LogP contribution is -1.96. The van der Waals surface area contributed by atoms with E-state index in [2.05, 4.69) is 134 Å². The third-order valence-corrected chi connectivity index (χ3v) is 7.81. The number of benzene rings is 5. The molecule has 46 heavy (non-hydrogen) atoms. The van der Waals surface area contributed by atoms with Crippen LogP contribution in [0.4, 0.5) is 0 Å². The van der Waals surface area contributed by atoms with Gasteiger partial charge >= 0.3 is 0 Å². The van der Waals surface area contributed by atoms with Crippen molar-refractivity contribution in [1.82, 2.24) is 9.97 Å². The van der Waals surface area contributed by atoms with E-state index in [0.29, 0.717) is 5.82 Å². The largest absolute Gasteiger partial charge is 0.273 e. The quantitative estimate of drug-likeness (QED) is 0.117. The van der Waals surface area contributed by atoms with Crippen molar-refractivity contribution in [3.8, 4) is 56.2 Å². The van der Waals surface area contributed by atoms with Gasteiger partial charge in [0.25, 0.3) is 0 Å². The molecule has 6 aromatic rings. The lowest BCUT2D eigenvalue weighted by Gasteiger charge is -2.12. The maximum atomic E-state index is 5.08. The van der Waals surface area contributed by atoms with Crippen molar-refractivity contribution in [2.24, 2.45) is 4.99 Å². The zero-order valence-electron chi connectivity index (χ0n) is 25.6. The summed E-state index contributed by atoms with van der Waals surface area (Å²) in [5, 5.41) is 0. The second-order valence-corrected chi connectivity index (χ2v) is 10.7. The highest BCUT2D eigenvalue weighted by atomic mass is 14.9. The van der Waals surface area contributed by atoms with E-state index in [1.807, 2.05) is 48.6 Å². The Balaban J connectivity index is 1.42. The monoisotopic (exact) mass is 591 g/mol. The van der Waals surface area contributed by atoms with Crippen molar-refractivity contribution in [3.05, 3.63) is 176 Å². The van der Waals surface area contributed by atoms with Gasteiger partial charge in [-0.3, -0.25) is 4.99 Å². The van der Waals surface area contributed by atoms with Crippen molar-refractivity contribution in [3.63, 3.8) is 0 Å². The van der Waals surface area contributed by atoms with Crippen LogP contribution in [0.2, 0.25) is 0 Å². The average Bonchev–Trinajstić information content (AvgIpc) is 3.13. The van der Waals surface area contributed by atoms with Crippen LogP contribution in [0.3, 0.4) is 0 Å². The van der Waals surface area contributed by atoms with Gasteiger partial charge in [-0.05, 0) is 63.9 Å². The van der Waals surface area contributed by atoms with Crippen LogP contribution in [0.1, 0.15) is 16.7 Å². The predicted molar refractivity (Wildman–Crippen MR) is 197 cm³/mol. The summed E-state index contributed by atoms with van der Waals surface area (Å²) in [6.45, 7) is 11.5. The second-order valence-electron chi connectivity index (χ2n) is 10.7. The van der Waals surface area contributed by atoms with Crippen LogP contribution < -0.4 is 0 Å². The van der Waals surface area contributed by atoms with Crippen LogP contribution >= 0.6 is 0 Å². The first-order valence-corrected chi connectivity index (χ1v) is 15.1. The molecule has 220 valence electrons. The van der Waals surface area contributed by atoms with E-state index in [9.17, 15) is 0 Å². The molecule has 3 nitrogen and oxygen atoms in total. The SMILES string of the molecule is C=Cc1cccc(-c2ccc(-c3nc(-c4ccc(-c5ccccc5)cc4)cc(-c4cccc(/C=C/C=C\N=C)c4)n3)cc2)c1C=C. The Morgan fingerprint density at radius 2 is 1.15 bits per heavy atom. The molecule has 0 aliphatic carbocycles. The van der Waals surface area contributed by atoms with Gasteiger partial charge in [-0.1, -0.05) is 153 Å². The first-order chi connectivity index (χ1) is 22.7. The minimum absolute atomic E-state index is 0.663. The molecule has 0 radical (unpaired) electrons. The van der Waals surface area contributed by atoms with Gasteiger partial charge in [0, 0.05) is 22.9 Å². The molecule has 0 atom stereocenters. The van der Waals surface area contributed by atoms with Crippen LogP contribution in [0.15, 0.2) is 164 Å². The molecule has 0 bridgehead atoms. The second kappa shape index (κ2) is 14.1. The molecule has 0 fully saturated rings. The van der Waals surface area contributed by atoms with Crippen LogP contribution in [-0.2, 0) is 0 Å². The topological polar surface area (TPSA) is 38.1 Å². The molecule has 6 rings (SSSR count). The summed E-state index contributed by atoms with van der Waals surface area (Å²) in [4.78, 5) is 13.9. The highest BCUT2D eigenvalue weighted by molar-refractivity contribution is 5.82. The molecule has 0 saturated carbocycles. The molecule has 0 unspecified atom stereocenters. The predicted octanol–water partition coefficient (Wildman–Crippen LogP) is 11.3. The van der Waals surface area contributed by atoms with Crippen molar-refractivity contribution in [2.45, 2.75) is 0 Å². The van der Waals surface area contributed by atoms with Gasteiger partial charge in [0.05, 0.1) is 11.4 Å². The molecular weight excluding hydrogens is 558 g/mol. The van der Waals surface area contributed by atoms with Crippen LogP contribution in [-0.4, -0.2) is 16.7 Å². The van der Waals surface area contributed by atoms with Gasteiger partial charge in [0.1, 0.15) is 0 Å². The standard InChI is InChI=1S/C43H33N3/c1-4-32-17-12-19-40(39(32)5-2)35-22-26-37(27-23-35)43-45-41(36-24-20-34(21-25-36)33-15-7-6-8-16-33)30-42(46-43)38-18-11-14-31(29-38)13-9-10-28-44-3/h4-30H,1-3H2/b13-9+,28-10-. The molecule has 5 aromatic carbocycles. The number of rotatable bonds is 10. The van der Waals surface area contributed by atoms with Crippen molar-refractivity contribution >= 4 is 24.9 Å². The Bertz CT molecular complexity index is 2070. The van der Waals surface area contributed by atoms with E-state index < -0.39 is 0 Å². The number of aromatic nitrogens is 2. The fraction of sp³-hybridized carbons (Fsp3) is 0. The molecular formula is C43H33N3. The maximum Gasteiger partial charge on any atom is 0.160 e. The van der Waals surface area contributed by atoms with Gasteiger partial charge in [0.15, 0.2) is 5.82 Å². The van der Waals surface area contributed by atoms with Gasteiger partial charge in [0.2, 0.25) is 0 Å². The van der Waals surface area contributed by atoms with Crippen molar-refractivity contribution in [2.75, 3.05) is 0 Å².